The SMILES string of the molecule is CCOc1cc(OCC(F)(F)F)nc(NC(=O)C(C)Cc2ccc(Br)cc2)n1. The van der Waals surface area contributed by atoms with Crippen molar-refractivity contribution < 1.29 is 27.4 Å². The minimum absolute atomic E-state index is 0.00513. The van der Waals surface area contributed by atoms with Gasteiger partial charge in [0.2, 0.25) is 23.6 Å². The van der Waals surface area contributed by atoms with Crippen LogP contribution in [0, 0.1) is 5.92 Å². The van der Waals surface area contributed by atoms with Crippen molar-refractivity contribution in [3.8, 4) is 11.8 Å². The number of halogens is 4. The van der Waals surface area contributed by atoms with Gasteiger partial charge in [0.25, 0.3) is 0 Å². The third kappa shape index (κ3) is 7.34. The number of nitrogens with zero attached hydrogens (tertiary/aromatic N) is 2. The van der Waals surface area contributed by atoms with Crippen LogP contribution in [0.1, 0.15) is 19.4 Å². The van der Waals surface area contributed by atoms with E-state index >= 15 is 0 Å². The molecule has 1 N–H and O–H groups in total. The molecular weight excluding hydrogens is 443 g/mol. The number of carbonyl (C=O) groups excluding carboxylic acids is 1. The molecule has 0 saturated heterocycles. The lowest BCUT2D eigenvalue weighted by molar-refractivity contribution is -0.154. The number of anilines is 1. The lowest BCUT2D eigenvalue weighted by Gasteiger charge is -2.14. The summed E-state index contributed by atoms with van der Waals surface area (Å²) in [5, 5.41) is 2.50. The number of carbonyl (C=O) groups is 1. The molecule has 0 saturated carbocycles. The van der Waals surface area contributed by atoms with Crippen LogP contribution in [0.2, 0.25) is 0 Å². The van der Waals surface area contributed by atoms with Crippen LogP contribution >= 0.6 is 15.9 Å². The van der Waals surface area contributed by atoms with Crippen molar-refractivity contribution >= 4 is 27.8 Å². The lowest BCUT2D eigenvalue weighted by atomic mass is 10.0. The molecule has 152 valence electrons. The van der Waals surface area contributed by atoms with E-state index in [4.69, 9.17) is 4.74 Å². The summed E-state index contributed by atoms with van der Waals surface area (Å²) in [6.45, 7) is 2.15. The minimum atomic E-state index is -4.51. The second kappa shape index (κ2) is 9.72. The van der Waals surface area contributed by atoms with E-state index < -0.39 is 18.7 Å². The molecule has 2 rings (SSSR count). The van der Waals surface area contributed by atoms with Gasteiger partial charge in [0.1, 0.15) is 0 Å². The average Bonchev–Trinajstić information content (AvgIpc) is 2.61. The number of ether oxygens (including phenoxy) is 2. The first-order valence-corrected chi connectivity index (χ1v) is 9.22. The molecular formula is C18H19BrF3N3O3. The van der Waals surface area contributed by atoms with E-state index in [1.807, 2.05) is 24.3 Å². The molecule has 0 radical (unpaired) electrons. The molecule has 0 spiro atoms. The fraction of sp³-hybridized carbons (Fsp3) is 0.389. The van der Waals surface area contributed by atoms with Gasteiger partial charge in [-0.1, -0.05) is 35.0 Å². The van der Waals surface area contributed by atoms with Gasteiger partial charge in [-0.2, -0.15) is 23.1 Å². The van der Waals surface area contributed by atoms with Gasteiger partial charge in [0.05, 0.1) is 12.7 Å². The summed E-state index contributed by atoms with van der Waals surface area (Å²) >= 11 is 3.35. The maximum Gasteiger partial charge on any atom is 0.422 e. The topological polar surface area (TPSA) is 73.3 Å². The van der Waals surface area contributed by atoms with Crippen molar-refractivity contribution in [2.24, 2.45) is 5.92 Å². The Hall–Kier alpha value is -2.36. The van der Waals surface area contributed by atoms with Crippen LogP contribution < -0.4 is 14.8 Å². The molecule has 1 atom stereocenters. The first-order chi connectivity index (χ1) is 13.2. The van der Waals surface area contributed by atoms with Crippen LogP contribution in [-0.4, -0.2) is 35.3 Å². The maximum atomic E-state index is 12.4. The van der Waals surface area contributed by atoms with Gasteiger partial charge in [0.15, 0.2) is 6.61 Å². The Labute approximate surface area is 168 Å². The third-order valence-corrected chi connectivity index (χ3v) is 4.02. The quantitative estimate of drug-likeness (QED) is 0.630. The van der Waals surface area contributed by atoms with E-state index in [9.17, 15) is 18.0 Å². The Bertz CT molecular complexity index is 801. The largest absolute Gasteiger partial charge is 0.478 e. The van der Waals surface area contributed by atoms with Crippen molar-refractivity contribution in [1.82, 2.24) is 9.97 Å². The molecule has 1 aromatic heterocycles. The number of rotatable bonds is 8. The molecule has 0 aliphatic rings. The Balaban J connectivity index is 2.08. The highest BCUT2D eigenvalue weighted by Crippen LogP contribution is 2.22. The van der Waals surface area contributed by atoms with Crippen LogP contribution in [0.3, 0.4) is 0 Å². The summed E-state index contributed by atoms with van der Waals surface area (Å²) in [5.41, 5.74) is 0.962. The standard InChI is InChI=1S/C18H19BrF3N3O3/c1-3-27-14-9-15(28-10-18(20,21)22)24-17(23-14)25-16(26)11(2)8-12-4-6-13(19)7-5-12/h4-7,9,11H,3,8,10H2,1-2H3,(H,23,24,25,26). The zero-order valence-corrected chi connectivity index (χ0v) is 16.8. The van der Waals surface area contributed by atoms with E-state index in [2.05, 4.69) is 36.0 Å². The molecule has 10 heteroatoms. The van der Waals surface area contributed by atoms with Gasteiger partial charge in [0, 0.05) is 10.4 Å². The van der Waals surface area contributed by atoms with Crippen molar-refractivity contribution in [3.05, 3.63) is 40.4 Å². The predicted octanol–water partition coefficient (Wildman–Crippen LogP) is 4.40. The smallest absolute Gasteiger partial charge is 0.422 e. The first-order valence-electron chi connectivity index (χ1n) is 8.43. The number of hydrogen-bond donors (Lipinski definition) is 1. The van der Waals surface area contributed by atoms with E-state index in [0.717, 1.165) is 16.1 Å². The van der Waals surface area contributed by atoms with E-state index in [-0.39, 0.29) is 30.2 Å². The van der Waals surface area contributed by atoms with Crippen molar-refractivity contribution in [2.45, 2.75) is 26.4 Å². The van der Waals surface area contributed by atoms with Crippen LogP contribution in [0.4, 0.5) is 19.1 Å². The summed E-state index contributed by atoms with van der Waals surface area (Å²) in [5.74, 6) is -1.31. The van der Waals surface area contributed by atoms with E-state index in [1.54, 1.807) is 13.8 Å². The predicted molar refractivity (Wildman–Crippen MR) is 100 cm³/mol. The van der Waals surface area contributed by atoms with Crippen molar-refractivity contribution in [3.63, 3.8) is 0 Å². The van der Waals surface area contributed by atoms with Gasteiger partial charge >= 0.3 is 6.18 Å². The van der Waals surface area contributed by atoms with Crippen molar-refractivity contribution in [2.75, 3.05) is 18.5 Å². The molecule has 0 fully saturated rings. The zero-order valence-electron chi connectivity index (χ0n) is 15.2. The Kier molecular flexibility index (Phi) is 7.61. The highest BCUT2D eigenvalue weighted by atomic mass is 79.9. The van der Waals surface area contributed by atoms with E-state index in [1.165, 1.54) is 0 Å². The molecule has 0 bridgehead atoms. The van der Waals surface area contributed by atoms with Gasteiger partial charge in [-0.3, -0.25) is 10.1 Å². The maximum absolute atomic E-state index is 12.4. The first kappa shape index (κ1) is 21.9. The molecule has 6 nitrogen and oxygen atoms in total. The van der Waals surface area contributed by atoms with Gasteiger partial charge < -0.3 is 9.47 Å². The van der Waals surface area contributed by atoms with Crippen LogP contribution in [0.25, 0.3) is 0 Å². The number of nitrogens with one attached hydrogen (secondary N) is 1. The Morgan fingerprint density at radius 3 is 2.36 bits per heavy atom. The van der Waals surface area contributed by atoms with Gasteiger partial charge in [-0.05, 0) is 31.0 Å². The third-order valence-electron chi connectivity index (χ3n) is 3.49. The normalized spacial score (nSPS) is 12.4. The molecule has 1 amide bonds. The molecule has 0 aliphatic heterocycles. The summed E-state index contributed by atoms with van der Waals surface area (Å²) in [6, 6.07) is 8.67. The molecule has 1 heterocycles. The highest BCUT2D eigenvalue weighted by Gasteiger charge is 2.29. The Morgan fingerprint density at radius 2 is 1.79 bits per heavy atom. The fourth-order valence-electron chi connectivity index (χ4n) is 2.21. The molecule has 2 aromatic rings. The summed E-state index contributed by atoms with van der Waals surface area (Å²) < 4.78 is 47.9. The average molecular weight is 462 g/mol. The fourth-order valence-corrected chi connectivity index (χ4v) is 2.48. The molecule has 0 aliphatic carbocycles. The van der Waals surface area contributed by atoms with Crippen LogP contribution in [0.5, 0.6) is 11.8 Å². The monoisotopic (exact) mass is 461 g/mol. The number of aromatic nitrogens is 2. The van der Waals surface area contributed by atoms with Crippen LogP contribution in [0.15, 0.2) is 34.8 Å². The lowest BCUT2D eigenvalue weighted by Crippen LogP contribution is -2.24. The Morgan fingerprint density at radius 1 is 1.18 bits per heavy atom. The van der Waals surface area contributed by atoms with Gasteiger partial charge in [-0.25, -0.2) is 0 Å². The van der Waals surface area contributed by atoms with Gasteiger partial charge in [-0.15, -0.1) is 0 Å². The summed E-state index contributed by atoms with van der Waals surface area (Å²) in [7, 11) is 0. The summed E-state index contributed by atoms with van der Waals surface area (Å²) in [4.78, 5) is 20.2. The number of benzene rings is 1. The number of amides is 1. The number of hydrogen-bond acceptors (Lipinski definition) is 5. The van der Waals surface area contributed by atoms with Crippen molar-refractivity contribution in [1.29, 1.82) is 0 Å². The second-order valence-electron chi connectivity index (χ2n) is 5.93. The summed E-state index contributed by atoms with van der Waals surface area (Å²) in [6.07, 6.45) is -4.04. The van der Waals surface area contributed by atoms with E-state index in [0.29, 0.717) is 6.42 Å². The zero-order chi connectivity index (χ0) is 20.7. The minimum Gasteiger partial charge on any atom is -0.478 e. The highest BCUT2D eigenvalue weighted by molar-refractivity contribution is 9.10. The molecule has 28 heavy (non-hydrogen) atoms. The second-order valence-corrected chi connectivity index (χ2v) is 6.84. The molecule has 1 aromatic carbocycles. The van der Waals surface area contributed by atoms with Crippen LogP contribution in [-0.2, 0) is 11.2 Å². The molecule has 1 unspecified atom stereocenters. The number of alkyl halides is 3.